The summed E-state index contributed by atoms with van der Waals surface area (Å²) < 4.78 is 2.91. The number of pyridine rings is 1. The Balaban J connectivity index is 2.10. The molecule has 0 spiro atoms. The molecule has 1 saturated carbocycles. The molecule has 0 saturated heterocycles. The van der Waals surface area contributed by atoms with Crippen LogP contribution in [0.2, 0.25) is 0 Å². The number of H-pyrrole nitrogens is 1. The Bertz CT molecular complexity index is 587. The van der Waals surface area contributed by atoms with E-state index in [2.05, 4.69) is 26.7 Å². The number of aromatic nitrogens is 4. The molecule has 2 aromatic rings. The summed E-state index contributed by atoms with van der Waals surface area (Å²) in [6, 6.07) is 4.42. The first kappa shape index (κ1) is 11.6. The fourth-order valence-corrected chi connectivity index (χ4v) is 3.09. The minimum absolute atomic E-state index is 0.472. The molecule has 2 aromatic heterocycles. The lowest BCUT2D eigenvalue weighted by Crippen LogP contribution is -2.13. The maximum absolute atomic E-state index is 5.39. The third-order valence-corrected chi connectivity index (χ3v) is 4.08. The fourth-order valence-electron chi connectivity index (χ4n) is 2.83. The summed E-state index contributed by atoms with van der Waals surface area (Å²) in [5, 5.41) is 7.31. The number of aromatic amines is 1. The lowest BCUT2D eigenvalue weighted by Gasteiger charge is -2.18. The number of nitrogens with one attached hydrogen (secondary N) is 1. The molecule has 4 nitrogen and oxygen atoms in total. The Morgan fingerprint density at radius 3 is 2.78 bits per heavy atom. The van der Waals surface area contributed by atoms with Crippen LogP contribution in [0.25, 0.3) is 11.4 Å². The highest BCUT2D eigenvalue weighted by Crippen LogP contribution is 2.37. The van der Waals surface area contributed by atoms with Crippen LogP contribution in [-0.2, 0) is 0 Å². The summed E-state index contributed by atoms with van der Waals surface area (Å²) in [7, 11) is 0. The Morgan fingerprint density at radius 2 is 2.11 bits per heavy atom. The Hall–Kier alpha value is -1.49. The van der Waals surface area contributed by atoms with Gasteiger partial charge in [0.05, 0.1) is 0 Å². The first-order valence-electron chi connectivity index (χ1n) is 6.34. The van der Waals surface area contributed by atoms with Gasteiger partial charge in [0.15, 0.2) is 10.6 Å². The van der Waals surface area contributed by atoms with Crippen LogP contribution in [0.3, 0.4) is 0 Å². The van der Waals surface area contributed by atoms with Gasteiger partial charge in [-0.15, -0.1) is 0 Å². The third kappa shape index (κ3) is 1.88. The second-order valence-electron chi connectivity index (χ2n) is 4.93. The lowest BCUT2D eigenvalue weighted by atomic mass is 10.1. The van der Waals surface area contributed by atoms with Gasteiger partial charge >= 0.3 is 0 Å². The summed E-state index contributed by atoms with van der Waals surface area (Å²) in [5.41, 5.74) is 1.07. The molecule has 3 rings (SSSR count). The van der Waals surface area contributed by atoms with Gasteiger partial charge in [0, 0.05) is 24.0 Å². The van der Waals surface area contributed by atoms with Gasteiger partial charge in [0.2, 0.25) is 0 Å². The standard InChI is InChI=1S/C13H16N4S/c1-9-3-2-4-11(9)17-12(15-16-13(17)18)10-5-7-14-8-6-10/h5-9,11H,2-4H2,1H3,(H,16,18). The molecular weight excluding hydrogens is 244 g/mol. The van der Waals surface area contributed by atoms with E-state index in [1.165, 1.54) is 19.3 Å². The van der Waals surface area contributed by atoms with Crippen molar-refractivity contribution in [3.8, 4) is 11.4 Å². The van der Waals surface area contributed by atoms with Gasteiger partial charge in [-0.2, -0.15) is 5.10 Å². The molecule has 0 aliphatic heterocycles. The maximum Gasteiger partial charge on any atom is 0.195 e. The summed E-state index contributed by atoms with van der Waals surface area (Å²) in [5.74, 6) is 1.59. The van der Waals surface area contributed by atoms with Gasteiger partial charge in [-0.05, 0) is 43.1 Å². The number of rotatable bonds is 2. The van der Waals surface area contributed by atoms with Crippen molar-refractivity contribution in [2.24, 2.45) is 5.92 Å². The maximum atomic E-state index is 5.39. The van der Waals surface area contributed by atoms with Crippen LogP contribution in [-0.4, -0.2) is 19.7 Å². The molecule has 0 radical (unpaired) electrons. The Labute approximate surface area is 111 Å². The van der Waals surface area contributed by atoms with Crippen molar-refractivity contribution in [2.45, 2.75) is 32.2 Å². The monoisotopic (exact) mass is 260 g/mol. The third-order valence-electron chi connectivity index (χ3n) is 3.79. The van der Waals surface area contributed by atoms with E-state index >= 15 is 0 Å². The van der Waals surface area contributed by atoms with Gasteiger partial charge in [0.1, 0.15) is 0 Å². The minimum Gasteiger partial charge on any atom is -0.297 e. The van der Waals surface area contributed by atoms with Gasteiger partial charge in [-0.1, -0.05) is 13.3 Å². The van der Waals surface area contributed by atoms with Crippen molar-refractivity contribution in [1.29, 1.82) is 0 Å². The molecule has 1 fully saturated rings. The van der Waals surface area contributed by atoms with Crippen molar-refractivity contribution < 1.29 is 0 Å². The van der Waals surface area contributed by atoms with Crippen LogP contribution >= 0.6 is 12.2 Å². The summed E-state index contributed by atoms with van der Waals surface area (Å²) in [6.07, 6.45) is 7.31. The van der Waals surface area contributed by atoms with Crippen molar-refractivity contribution in [2.75, 3.05) is 0 Å². The molecule has 5 heteroatoms. The van der Waals surface area contributed by atoms with E-state index in [9.17, 15) is 0 Å². The highest BCUT2D eigenvalue weighted by molar-refractivity contribution is 7.71. The molecule has 2 atom stereocenters. The average Bonchev–Trinajstić information content (AvgIpc) is 2.96. The fraction of sp³-hybridized carbons (Fsp3) is 0.462. The van der Waals surface area contributed by atoms with E-state index in [-0.39, 0.29) is 0 Å². The van der Waals surface area contributed by atoms with Crippen LogP contribution < -0.4 is 0 Å². The van der Waals surface area contributed by atoms with Crippen LogP contribution in [0.5, 0.6) is 0 Å². The summed E-state index contributed by atoms with van der Waals surface area (Å²) >= 11 is 5.39. The predicted molar refractivity (Wildman–Crippen MR) is 72.7 cm³/mol. The van der Waals surface area contributed by atoms with Crippen LogP contribution in [0.15, 0.2) is 24.5 Å². The zero-order valence-corrected chi connectivity index (χ0v) is 11.2. The first-order chi connectivity index (χ1) is 8.77. The summed E-state index contributed by atoms with van der Waals surface area (Å²) in [4.78, 5) is 4.05. The molecule has 0 aromatic carbocycles. The predicted octanol–water partition coefficient (Wildman–Crippen LogP) is 3.36. The number of nitrogens with zero attached hydrogens (tertiary/aromatic N) is 3. The van der Waals surface area contributed by atoms with Crippen molar-refractivity contribution in [3.05, 3.63) is 29.3 Å². The van der Waals surface area contributed by atoms with Crippen molar-refractivity contribution in [3.63, 3.8) is 0 Å². The van der Waals surface area contributed by atoms with Crippen molar-refractivity contribution in [1.82, 2.24) is 19.7 Å². The normalized spacial score (nSPS) is 23.4. The molecular formula is C13H16N4S. The van der Waals surface area contributed by atoms with Crippen LogP contribution in [0, 0.1) is 10.7 Å². The van der Waals surface area contributed by atoms with Crippen molar-refractivity contribution >= 4 is 12.2 Å². The molecule has 1 aliphatic carbocycles. The average molecular weight is 260 g/mol. The van der Waals surface area contributed by atoms with E-state index < -0.39 is 0 Å². The molecule has 94 valence electrons. The Morgan fingerprint density at radius 1 is 1.33 bits per heavy atom. The summed E-state index contributed by atoms with van der Waals surface area (Å²) in [6.45, 7) is 2.29. The molecule has 1 N–H and O–H groups in total. The number of hydrogen-bond acceptors (Lipinski definition) is 3. The van der Waals surface area contributed by atoms with Gasteiger partial charge < -0.3 is 0 Å². The lowest BCUT2D eigenvalue weighted by molar-refractivity contribution is 0.406. The van der Waals surface area contributed by atoms with E-state index in [4.69, 9.17) is 12.2 Å². The molecule has 18 heavy (non-hydrogen) atoms. The molecule has 1 aliphatic rings. The van der Waals surface area contributed by atoms with E-state index in [0.717, 1.165) is 16.2 Å². The number of hydrogen-bond donors (Lipinski definition) is 1. The SMILES string of the molecule is CC1CCCC1n1c(-c2ccncc2)n[nH]c1=S. The van der Waals surface area contributed by atoms with Crippen LogP contribution in [0.1, 0.15) is 32.2 Å². The van der Waals surface area contributed by atoms with E-state index in [1.54, 1.807) is 12.4 Å². The largest absolute Gasteiger partial charge is 0.297 e. The zero-order valence-electron chi connectivity index (χ0n) is 10.3. The minimum atomic E-state index is 0.472. The van der Waals surface area contributed by atoms with Crippen LogP contribution in [0.4, 0.5) is 0 Å². The second-order valence-corrected chi connectivity index (χ2v) is 5.32. The van der Waals surface area contributed by atoms with Gasteiger partial charge in [-0.3, -0.25) is 14.6 Å². The van der Waals surface area contributed by atoms with E-state index in [1.807, 2.05) is 12.1 Å². The highest BCUT2D eigenvalue weighted by Gasteiger charge is 2.28. The second kappa shape index (κ2) is 4.65. The molecule has 0 bridgehead atoms. The smallest absolute Gasteiger partial charge is 0.195 e. The molecule has 0 amide bonds. The molecule has 2 heterocycles. The van der Waals surface area contributed by atoms with E-state index in [0.29, 0.717) is 12.0 Å². The first-order valence-corrected chi connectivity index (χ1v) is 6.75. The Kier molecular flexibility index (Phi) is 2.99. The van der Waals surface area contributed by atoms with Gasteiger partial charge in [0.25, 0.3) is 0 Å². The van der Waals surface area contributed by atoms with Gasteiger partial charge in [-0.25, -0.2) is 0 Å². The highest BCUT2D eigenvalue weighted by atomic mass is 32.1. The molecule has 2 unspecified atom stereocenters. The quantitative estimate of drug-likeness (QED) is 0.842. The zero-order chi connectivity index (χ0) is 12.5. The topological polar surface area (TPSA) is 46.5 Å².